The standard InChI is InChI=1S/C13H24N4OS/c1-9(2)5-17(6-10(3)4)7-11-8-19-13(15-11)12(18)16-14/h8-10H,5-7,14H2,1-4H3,(H,16,18). The van der Waals surface area contributed by atoms with E-state index in [0.717, 1.165) is 25.3 Å². The predicted molar refractivity (Wildman–Crippen MR) is 78.7 cm³/mol. The molecule has 0 aliphatic heterocycles. The van der Waals surface area contributed by atoms with Gasteiger partial charge in [-0.05, 0) is 11.8 Å². The van der Waals surface area contributed by atoms with Crippen molar-refractivity contribution in [2.75, 3.05) is 13.1 Å². The van der Waals surface area contributed by atoms with Gasteiger partial charge >= 0.3 is 0 Å². The number of hydrazine groups is 1. The molecular weight excluding hydrogens is 260 g/mol. The normalized spacial score (nSPS) is 11.6. The van der Waals surface area contributed by atoms with E-state index >= 15 is 0 Å². The van der Waals surface area contributed by atoms with E-state index < -0.39 is 0 Å². The maximum atomic E-state index is 11.4. The van der Waals surface area contributed by atoms with Crippen LogP contribution in [-0.4, -0.2) is 28.9 Å². The van der Waals surface area contributed by atoms with Gasteiger partial charge in [0, 0.05) is 25.0 Å². The Morgan fingerprint density at radius 2 is 1.95 bits per heavy atom. The van der Waals surface area contributed by atoms with Crippen molar-refractivity contribution >= 4 is 17.2 Å². The number of carbonyl (C=O) groups excluding carboxylic acids is 1. The van der Waals surface area contributed by atoms with Crippen molar-refractivity contribution in [1.29, 1.82) is 0 Å². The number of nitrogen functional groups attached to an aromatic ring is 1. The zero-order chi connectivity index (χ0) is 14.4. The Bertz CT molecular complexity index is 393. The van der Waals surface area contributed by atoms with Crippen molar-refractivity contribution in [3.63, 3.8) is 0 Å². The van der Waals surface area contributed by atoms with E-state index in [2.05, 4.69) is 43.0 Å². The molecule has 0 aliphatic rings. The molecular formula is C13H24N4OS. The van der Waals surface area contributed by atoms with E-state index in [1.165, 1.54) is 11.3 Å². The second kappa shape index (κ2) is 7.57. The summed E-state index contributed by atoms with van der Waals surface area (Å²) < 4.78 is 0. The quantitative estimate of drug-likeness (QED) is 0.455. The third-order valence-corrected chi connectivity index (χ3v) is 3.40. The zero-order valence-electron chi connectivity index (χ0n) is 12.1. The van der Waals surface area contributed by atoms with Gasteiger partial charge in [-0.3, -0.25) is 15.1 Å². The van der Waals surface area contributed by atoms with Crippen molar-refractivity contribution in [3.05, 3.63) is 16.1 Å². The van der Waals surface area contributed by atoms with Crippen LogP contribution in [0.5, 0.6) is 0 Å². The van der Waals surface area contributed by atoms with Crippen LogP contribution in [0.1, 0.15) is 43.2 Å². The van der Waals surface area contributed by atoms with Crippen LogP contribution in [0.3, 0.4) is 0 Å². The number of nitrogens with one attached hydrogen (secondary N) is 1. The van der Waals surface area contributed by atoms with Gasteiger partial charge in [-0.25, -0.2) is 10.8 Å². The maximum Gasteiger partial charge on any atom is 0.294 e. The Morgan fingerprint density at radius 1 is 1.37 bits per heavy atom. The zero-order valence-corrected chi connectivity index (χ0v) is 13.0. The summed E-state index contributed by atoms with van der Waals surface area (Å²) in [6, 6.07) is 0. The molecule has 3 N–H and O–H groups in total. The molecule has 0 bridgehead atoms. The number of carbonyl (C=O) groups is 1. The van der Waals surface area contributed by atoms with E-state index in [-0.39, 0.29) is 5.91 Å². The monoisotopic (exact) mass is 284 g/mol. The highest BCUT2D eigenvalue weighted by Gasteiger charge is 2.14. The Balaban J connectivity index is 2.67. The Labute approximate surface area is 119 Å². The second-order valence-electron chi connectivity index (χ2n) is 5.60. The van der Waals surface area contributed by atoms with Crippen LogP contribution in [0.4, 0.5) is 0 Å². The fourth-order valence-corrected chi connectivity index (χ4v) is 2.72. The molecule has 1 heterocycles. The minimum Gasteiger partial charge on any atom is -0.297 e. The molecule has 6 heteroatoms. The lowest BCUT2D eigenvalue weighted by molar-refractivity contribution is 0.0952. The summed E-state index contributed by atoms with van der Waals surface area (Å²) in [6.45, 7) is 11.7. The van der Waals surface area contributed by atoms with Crippen LogP contribution in [0, 0.1) is 11.8 Å². The molecule has 0 saturated carbocycles. The Morgan fingerprint density at radius 3 is 2.42 bits per heavy atom. The van der Waals surface area contributed by atoms with Crippen LogP contribution in [0.25, 0.3) is 0 Å². The minimum absolute atomic E-state index is 0.324. The van der Waals surface area contributed by atoms with Gasteiger partial charge in [0.25, 0.3) is 5.91 Å². The van der Waals surface area contributed by atoms with Crippen molar-refractivity contribution in [2.24, 2.45) is 17.7 Å². The first-order chi connectivity index (χ1) is 8.92. The van der Waals surface area contributed by atoms with Gasteiger partial charge in [-0.1, -0.05) is 27.7 Å². The van der Waals surface area contributed by atoms with Gasteiger partial charge in [0.15, 0.2) is 5.01 Å². The molecule has 0 radical (unpaired) electrons. The average molecular weight is 284 g/mol. The molecule has 108 valence electrons. The fraction of sp³-hybridized carbons (Fsp3) is 0.692. The van der Waals surface area contributed by atoms with Crippen molar-refractivity contribution < 1.29 is 4.79 Å². The highest BCUT2D eigenvalue weighted by Crippen LogP contribution is 2.14. The molecule has 0 aliphatic carbocycles. The van der Waals surface area contributed by atoms with Crippen molar-refractivity contribution in [2.45, 2.75) is 34.2 Å². The summed E-state index contributed by atoms with van der Waals surface area (Å²) in [5.74, 6) is 6.01. The summed E-state index contributed by atoms with van der Waals surface area (Å²) in [5, 5.41) is 2.35. The summed E-state index contributed by atoms with van der Waals surface area (Å²) in [6.07, 6.45) is 0. The summed E-state index contributed by atoms with van der Waals surface area (Å²) in [5.41, 5.74) is 3.04. The van der Waals surface area contributed by atoms with Crippen LogP contribution < -0.4 is 11.3 Å². The van der Waals surface area contributed by atoms with E-state index in [1.807, 2.05) is 5.38 Å². The predicted octanol–water partition coefficient (Wildman–Crippen LogP) is 1.86. The number of nitrogens with two attached hydrogens (primary N) is 1. The number of hydrogen-bond donors (Lipinski definition) is 2. The van der Waals surface area contributed by atoms with E-state index in [9.17, 15) is 4.79 Å². The number of hydrogen-bond acceptors (Lipinski definition) is 5. The van der Waals surface area contributed by atoms with E-state index in [4.69, 9.17) is 5.84 Å². The van der Waals surface area contributed by atoms with Gasteiger partial charge in [0.05, 0.1) is 5.69 Å². The molecule has 0 unspecified atom stereocenters. The first kappa shape index (κ1) is 16.1. The summed E-state index contributed by atoms with van der Waals surface area (Å²) in [7, 11) is 0. The van der Waals surface area contributed by atoms with Crippen molar-refractivity contribution in [1.82, 2.24) is 15.3 Å². The smallest absolute Gasteiger partial charge is 0.294 e. The number of aromatic nitrogens is 1. The maximum absolute atomic E-state index is 11.4. The lowest BCUT2D eigenvalue weighted by Gasteiger charge is -2.25. The molecule has 0 aromatic carbocycles. The van der Waals surface area contributed by atoms with Crippen LogP contribution in [-0.2, 0) is 6.54 Å². The third kappa shape index (κ3) is 5.67. The molecule has 0 fully saturated rings. The lowest BCUT2D eigenvalue weighted by Crippen LogP contribution is -2.31. The molecule has 0 spiro atoms. The van der Waals surface area contributed by atoms with Gasteiger partial charge in [0.2, 0.25) is 0 Å². The topological polar surface area (TPSA) is 71.2 Å². The van der Waals surface area contributed by atoms with Gasteiger partial charge in [-0.15, -0.1) is 11.3 Å². The second-order valence-corrected chi connectivity index (χ2v) is 6.46. The molecule has 1 aromatic rings. The number of amides is 1. The first-order valence-corrected chi connectivity index (χ1v) is 7.48. The lowest BCUT2D eigenvalue weighted by atomic mass is 10.1. The van der Waals surface area contributed by atoms with Crippen LogP contribution in [0.2, 0.25) is 0 Å². The van der Waals surface area contributed by atoms with Gasteiger partial charge < -0.3 is 0 Å². The van der Waals surface area contributed by atoms with Crippen LogP contribution in [0.15, 0.2) is 5.38 Å². The average Bonchev–Trinajstić information content (AvgIpc) is 2.74. The van der Waals surface area contributed by atoms with Crippen LogP contribution >= 0.6 is 11.3 Å². The highest BCUT2D eigenvalue weighted by atomic mass is 32.1. The third-order valence-electron chi connectivity index (χ3n) is 2.51. The number of nitrogens with zero attached hydrogens (tertiary/aromatic N) is 2. The fourth-order valence-electron chi connectivity index (χ4n) is 2.01. The van der Waals surface area contributed by atoms with Gasteiger partial charge in [-0.2, -0.15) is 0 Å². The number of rotatable bonds is 7. The Kier molecular flexibility index (Phi) is 6.41. The Hall–Kier alpha value is -0.980. The summed E-state index contributed by atoms with van der Waals surface area (Å²) in [4.78, 5) is 18.1. The molecule has 0 saturated heterocycles. The molecule has 19 heavy (non-hydrogen) atoms. The summed E-state index contributed by atoms with van der Waals surface area (Å²) >= 11 is 1.33. The van der Waals surface area contributed by atoms with Crippen molar-refractivity contribution in [3.8, 4) is 0 Å². The molecule has 5 nitrogen and oxygen atoms in total. The van der Waals surface area contributed by atoms with E-state index in [1.54, 1.807) is 0 Å². The number of thiazole rings is 1. The molecule has 1 amide bonds. The van der Waals surface area contributed by atoms with E-state index in [0.29, 0.717) is 16.8 Å². The highest BCUT2D eigenvalue weighted by molar-refractivity contribution is 7.11. The SMILES string of the molecule is CC(C)CN(Cc1csc(C(=O)NN)n1)CC(C)C. The molecule has 1 aromatic heterocycles. The molecule has 1 rings (SSSR count). The largest absolute Gasteiger partial charge is 0.297 e. The van der Waals surface area contributed by atoms with Gasteiger partial charge in [0.1, 0.15) is 0 Å². The minimum atomic E-state index is -0.324. The first-order valence-electron chi connectivity index (χ1n) is 6.60. The molecule has 0 atom stereocenters.